The van der Waals surface area contributed by atoms with Crippen molar-refractivity contribution in [2.45, 2.75) is 25.6 Å². The molecule has 0 fully saturated rings. The van der Waals surface area contributed by atoms with E-state index in [1.165, 1.54) is 6.07 Å². The summed E-state index contributed by atoms with van der Waals surface area (Å²) in [4.78, 5) is 13.9. The first-order chi connectivity index (χ1) is 10.7. The van der Waals surface area contributed by atoms with E-state index in [1.54, 1.807) is 26.0 Å². The largest absolute Gasteiger partial charge is 0.418 e. The molecule has 1 aromatic carbocycles. The number of nitrogens with one attached hydrogen (secondary N) is 1. The molecular formula is C15H20ClF3N2O2. The molecule has 0 spiro atoms. The van der Waals surface area contributed by atoms with Gasteiger partial charge in [0.15, 0.2) is 0 Å². The van der Waals surface area contributed by atoms with Gasteiger partial charge in [-0.25, -0.2) is 0 Å². The highest BCUT2D eigenvalue weighted by atomic mass is 35.5. The predicted molar refractivity (Wildman–Crippen MR) is 83.7 cm³/mol. The van der Waals surface area contributed by atoms with Crippen LogP contribution in [-0.4, -0.2) is 44.2 Å². The average molecular weight is 353 g/mol. The van der Waals surface area contributed by atoms with Crippen LogP contribution in [0.2, 0.25) is 5.02 Å². The number of carbonyl (C=O) groups excluding carboxylic acids is 1. The monoisotopic (exact) mass is 352 g/mol. The van der Waals surface area contributed by atoms with Crippen LogP contribution >= 0.6 is 11.6 Å². The number of alkyl halides is 3. The number of hydrogen-bond acceptors (Lipinski definition) is 3. The summed E-state index contributed by atoms with van der Waals surface area (Å²) >= 11 is 5.61. The molecule has 0 heterocycles. The fourth-order valence-corrected chi connectivity index (χ4v) is 2.12. The van der Waals surface area contributed by atoms with Crippen molar-refractivity contribution in [3.05, 3.63) is 28.8 Å². The first-order valence-corrected chi connectivity index (χ1v) is 7.41. The normalized spacial score (nSPS) is 13.2. The van der Waals surface area contributed by atoms with E-state index >= 15 is 0 Å². The van der Waals surface area contributed by atoms with Gasteiger partial charge in [-0.15, -0.1) is 0 Å². The van der Waals surface area contributed by atoms with Gasteiger partial charge in [0, 0.05) is 25.3 Å². The molecule has 1 unspecified atom stereocenters. The van der Waals surface area contributed by atoms with E-state index in [2.05, 4.69) is 5.32 Å². The van der Waals surface area contributed by atoms with Crippen LogP contribution in [0.3, 0.4) is 0 Å². The third kappa shape index (κ3) is 6.01. The molecule has 0 aliphatic carbocycles. The zero-order chi connectivity index (χ0) is 17.6. The number of ether oxygens (including phenoxy) is 1. The maximum absolute atomic E-state index is 13.0. The topological polar surface area (TPSA) is 41.6 Å². The molecule has 0 aliphatic heterocycles. The molecule has 0 radical (unpaired) electrons. The number of nitrogens with zero attached hydrogens (tertiary/aromatic N) is 1. The summed E-state index contributed by atoms with van der Waals surface area (Å²) in [5, 5.41) is 2.28. The molecule has 8 heteroatoms. The maximum Gasteiger partial charge on any atom is 0.418 e. The van der Waals surface area contributed by atoms with E-state index < -0.39 is 23.7 Å². The number of hydrogen-bond donors (Lipinski definition) is 1. The van der Waals surface area contributed by atoms with Crippen LogP contribution in [0.4, 0.5) is 18.9 Å². The Morgan fingerprint density at radius 1 is 1.43 bits per heavy atom. The quantitative estimate of drug-likeness (QED) is 0.761. The number of benzene rings is 1. The molecule has 1 amide bonds. The van der Waals surface area contributed by atoms with Gasteiger partial charge in [0.05, 0.1) is 17.3 Å². The van der Waals surface area contributed by atoms with Gasteiger partial charge in [-0.2, -0.15) is 13.2 Å². The highest BCUT2D eigenvalue weighted by Gasteiger charge is 2.34. The van der Waals surface area contributed by atoms with Crippen molar-refractivity contribution in [2.24, 2.45) is 0 Å². The molecule has 0 bridgehead atoms. The summed E-state index contributed by atoms with van der Waals surface area (Å²) in [6.07, 6.45) is -3.87. The summed E-state index contributed by atoms with van der Waals surface area (Å²) in [5.74, 6) is -0.516. The van der Waals surface area contributed by atoms with Crippen LogP contribution in [0.25, 0.3) is 0 Å². The molecule has 0 saturated carbocycles. The number of likely N-dealkylation sites (N-methyl/N-ethyl adjacent to an activating group) is 1. The second kappa shape index (κ2) is 8.52. The molecular weight excluding hydrogens is 333 g/mol. The van der Waals surface area contributed by atoms with Crippen molar-refractivity contribution in [3.63, 3.8) is 0 Å². The summed E-state index contributed by atoms with van der Waals surface area (Å²) in [6.45, 7) is 2.77. The molecule has 0 saturated heterocycles. The first-order valence-electron chi connectivity index (χ1n) is 7.03. The van der Waals surface area contributed by atoms with Crippen LogP contribution in [0.1, 0.15) is 18.9 Å². The van der Waals surface area contributed by atoms with E-state index in [9.17, 15) is 18.0 Å². The lowest BCUT2D eigenvalue weighted by atomic mass is 10.1. The SMILES string of the molecule is COCCCN(C)C(C)C(=O)Nc1ccc(Cl)cc1C(F)(F)F. The van der Waals surface area contributed by atoms with E-state index in [0.29, 0.717) is 13.2 Å². The summed E-state index contributed by atoms with van der Waals surface area (Å²) < 4.78 is 44.0. The smallest absolute Gasteiger partial charge is 0.385 e. The summed E-state index contributed by atoms with van der Waals surface area (Å²) in [6, 6.07) is 2.67. The second-order valence-electron chi connectivity index (χ2n) is 5.18. The fourth-order valence-electron chi connectivity index (χ4n) is 1.95. The van der Waals surface area contributed by atoms with Crippen molar-refractivity contribution in [2.75, 3.05) is 32.6 Å². The molecule has 23 heavy (non-hydrogen) atoms. The minimum absolute atomic E-state index is 0.0416. The third-order valence-electron chi connectivity index (χ3n) is 3.44. The van der Waals surface area contributed by atoms with Crippen molar-refractivity contribution >= 4 is 23.2 Å². The Morgan fingerprint density at radius 2 is 2.09 bits per heavy atom. The van der Waals surface area contributed by atoms with Crippen molar-refractivity contribution in [1.29, 1.82) is 0 Å². The van der Waals surface area contributed by atoms with Crippen LogP contribution in [0, 0.1) is 0 Å². The molecule has 1 N–H and O–H groups in total. The second-order valence-corrected chi connectivity index (χ2v) is 5.62. The van der Waals surface area contributed by atoms with E-state index in [1.807, 2.05) is 0 Å². The number of carbonyl (C=O) groups is 1. The highest BCUT2D eigenvalue weighted by Crippen LogP contribution is 2.36. The Morgan fingerprint density at radius 3 is 2.65 bits per heavy atom. The summed E-state index contributed by atoms with van der Waals surface area (Å²) in [5.41, 5.74) is -1.27. The molecule has 4 nitrogen and oxygen atoms in total. The number of methoxy groups -OCH3 is 1. The summed E-state index contributed by atoms with van der Waals surface area (Å²) in [7, 11) is 3.31. The minimum atomic E-state index is -4.60. The van der Waals surface area contributed by atoms with Crippen molar-refractivity contribution in [3.8, 4) is 0 Å². The maximum atomic E-state index is 13.0. The molecule has 1 atom stereocenters. The lowest BCUT2D eigenvalue weighted by Crippen LogP contribution is -2.40. The van der Waals surface area contributed by atoms with Crippen LogP contribution in [0.5, 0.6) is 0 Å². The van der Waals surface area contributed by atoms with Gasteiger partial charge in [0.1, 0.15) is 0 Å². The van der Waals surface area contributed by atoms with E-state index in [4.69, 9.17) is 16.3 Å². The molecule has 1 rings (SSSR count). The van der Waals surface area contributed by atoms with Crippen LogP contribution in [0.15, 0.2) is 18.2 Å². The number of amides is 1. The van der Waals surface area contributed by atoms with Gasteiger partial charge in [0.25, 0.3) is 0 Å². The zero-order valence-electron chi connectivity index (χ0n) is 13.2. The number of halogens is 4. The third-order valence-corrected chi connectivity index (χ3v) is 3.68. The Hall–Kier alpha value is -1.31. The predicted octanol–water partition coefficient (Wildman–Crippen LogP) is 3.65. The van der Waals surface area contributed by atoms with E-state index in [-0.39, 0.29) is 10.7 Å². The molecule has 1 aromatic rings. The Bertz CT molecular complexity index is 538. The van der Waals surface area contributed by atoms with Gasteiger partial charge < -0.3 is 10.1 Å². The van der Waals surface area contributed by atoms with Gasteiger partial charge >= 0.3 is 6.18 Å². The van der Waals surface area contributed by atoms with Crippen LogP contribution in [-0.2, 0) is 15.7 Å². The molecule has 130 valence electrons. The standard InChI is InChI=1S/C15H20ClF3N2O2/c1-10(21(2)7-4-8-23-3)14(22)20-13-6-5-11(16)9-12(13)15(17,18)19/h5-6,9-10H,4,7-8H2,1-3H3,(H,20,22). The highest BCUT2D eigenvalue weighted by molar-refractivity contribution is 6.30. The zero-order valence-corrected chi connectivity index (χ0v) is 14.0. The Kier molecular flexibility index (Phi) is 7.31. The molecule has 0 aliphatic rings. The lowest BCUT2D eigenvalue weighted by molar-refractivity contribution is -0.137. The van der Waals surface area contributed by atoms with Crippen molar-refractivity contribution < 1.29 is 22.7 Å². The lowest BCUT2D eigenvalue weighted by Gasteiger charge is -2.24. The van der Waals surface area contributed by atoms with Gasteiger partial charge in [0.2, 0.25) is 5.91 Å². The van der Waals surface area contributed by atoms with Crippen molar-refractivity contribution in [1.82, 2.24) is 4.90 Å². The molecule has 0 aromatic heterocycles. The first kappa shape index (κ1) is 19.7. The van der Waals surface area contributed by atoms with E-state index in [0.717, 1.165) is 18.6 Å². The number of rotatable bonds is 7. The minimum Gasteiger partial charge on any atom is -0.385 e. The number of anilines is 1. The van der Waals surface area contributed by atoms with Gasteiger partial charge in [-0.3, -0.25) is 9.69 Å². The fraction of sp³-hybridized carbons (Fsp3) is 0.533. The van der Waals surface area contributed by atoms with Crippen LogP contribution < -0.4 is 5.32 Å². The Balaban J connectivity index is 2.81. The van der Waals surface area contributed by atoms with Gasteiger partial charge in [-0.1, -0.05) is 11.6 Å². The Labute approximate surface area is 138 Å². The van der Waals surface area contributed by atoms with Gasteiger partial charge in [-0.05, 0) is 38.6 Å². The average Bonchev–Trinajstić information content (AvgIpc) is 2.47.